The molecule has 0 fully saturated rings. The average Bonchev–Trinajstić information content (AvgIpc) is 2.84. The molecule has 100 valence electrons. The van der Waals surface area contributed by atoms with Gasteiger partial charge >= 0.3 is 0 Å². The highest BCUT2D eigenvalue weighted by molar-refractivity contribution is 5.95. The molecule has 0 aliphatic heterocycles. The van der Waals surface area contributed by atoms with Gasteiger partial charge in [0, 0.05) is 24.0 Å². The Bertz CT molecular complexity index is 535. The lowest BCUT2D eigenvalue weighted by Gasteiger charge is -2.15. The second-order valence-corrected chi connectivity index (χ2v) is 4.53. The lowest BCUT2D eigenvalue weighted by Crippen LogP contribution is -2.37. The number of benzene rings is 1. The summed E-state index contributed by atoms with van der Waals surface area (Å²) in [5.74, 6) is -0.103. The zero-order chi connectivity index (χ0) is 13.7. The van der Waals surface area contributed by atoms with Gasteiger partial charge in [0.1, 0.15) is 0 Å². The summed E-state index contributed by atoms with van der Waals surface area (Å²) >= 11 is 0. The van der Waals surface area contributed by atoms with Crippen LogP contribution in [0.5, 0.6) is 0 Å². The number of nitrogens with one attached hydrogen (secondary N) is 3. The molecule has 3 N–H and O–H groups in total. The van der Waals surface area contributed by atoms with E-state index in [0.29, 0.717) is 12.1 Å². The normalized spacial score (nSPS) is 11.9. The molecule has 1 aromatic carbocycles. The molecule has 0 aliphatic rings. The molecule has 1 amide bonds. The topological polar surface area (TPSA) is 69.8 Å². The zero-order valence-corrected chi connectivity index (χ0v) is 11.1. The van der Waals surface area contributed by atoms with Crippen LogP contribution in [-0.2, 0) is 0 Å². The van der Waals surface area contributed by atoms with Gasteiger partial charge in [-0.25, -0.2) is 0 Å². The van der Waals surface area contributed by atoms with Crippen molar-refractivity contribution in [3.8, 4) is 0 Å². The Morgan fingerprint density at radius 3 is 2.74 bits per heavy atom. The Labute approximate surface area is 112 Å². The molecule has 0 spiro atoms. The Morgan fingerprint density at radius 1 is 1.37 bits per heavy atom. The van der Waals surface area contributed by atoms with E-state index in [2.05, 4.69) is 20.8 Å². The van der Waals surface area contributed by atoms with Gasteiger partial charge in [-0.3, -0.25) is 9.89 Å². The summed E-state index contributed by atoms with van der Waals surface area (Å²) in [5.41, 5.74) is 2.41. The van der Waals surface area contributed by atoms with Crippen molar-refractivity contribution < 1.29 is 4.79 Å². The van der Waals surface area contributed by atoms with E-state index in [9.17, 15) is 4.79 Å². The minimum atomic E-state index is -0.103. The first-order valence-corrected chi connectivity index (χ1v) is 6.26. The molecular formula is C14H18N4O. The third-order valence-electron chi connectivity index (χ3n) is 2.84. The van der Waals surface area contributed by atoms with E-state index in [1.165, 1.54) is 0 Å². The van der Waals surface area contributed by atoms with Crippen molar-refractivity contribution in [3.05, 3.63) is 47.8 Å². The predicted octanol–water partition coefficient (Wildman–Crippen LogP) is 1.95. The number of aromatic amines is 1. The highest BCUT2D eigenvalue weighted by Crippen LogP contribution is 2.05. The number of para-hydroxylation sites is 1. The third-order valence-corrected chi connectivity index (χ3v) is 2.84. The molecule has 1 aromatic heterocycles. The van der Waals surface area contributed by atoms with E-state index in [4.69, 9.17) is 0 Å². The van der Waals surface area contributed by atoms with Gasteiger partial charge in [-0.1, -0.05) is 18.2 Å². The van der Waals surface area contributed by atoms with Crippen LogP contribution in [0.15, 0.2) is 36.5 Å². The van der Waals surface area contributed by atoms with E-state index in [1.54, 1.807) is 6.20 Å². The minimum Gasteiger partial charge on any atom is -0.383 e. The van der Waals surface area contributed by atoms with Crippen LogP contribution in [0.2, 0.25) is 0 Å². The number of aromatic nitrogens is 2. The molecule has 0 unspecified atom stereocenters. The van der Waals surface area contributed by atoms with Crippen LogP contribution in [0.3, 0.4) is 0 Å². The molecule has 19 heavy (non-hydrogen) atoms. The van der Waals surface area contributed by atoms with E-state index in [-0.39, 0.29) is 11.9 Å². The number of anilines is 1. The first-order valence-electron chi connectivity index (χ1n) is 6.26. The molecule has 0 aliphatic carbocycles. The second-order valence-electron chi connectivity index (χ2n) is 4.53. The number of carbonyl (C=O) groups is 1. The number of rotatable bonds is 5. The van der Waals surface area contributed by atoms with Crippen molar-refractivity contribution in [3.63, 3.8) is 0 Å². The van der Waals surface area contributed by atoms with Gasteiger partial charge in [0.2, 0.25) is 0 Å². The number of carbonyl (C=O) groups excluding carboxylic acids is 1. The average molecular weight is 258 g/mol. The lowest BCUT2D eigenvalue weighted by molar-refractivity contribution is 0.0941. The first-order chi connectivity index (χ1) is 9.16. The fourth-order valence-electron chi connectivity index (χ4n) is 1.76. The van der Waals surface area contributed by atoms with Gasteiger partial charge in [0.25, 0.3) is 5.91 Å². The largest absolute Gasteiger partial charge is 0.383 e. The quantitative estimate of drug-likeness (QED) is 0.767. The van der Waals surface area contributed by atoms with Crippen molar-refractivity contribution in [1.29, 1.82) is 0 Å². The molecule has 0 saturated carbocycles. The van der Waals surface area contributed by atoms with Gasteiger partial charge in [-0.15, -0.1) is 0 Å². The van der Waals surface area contributed by atoms with E-state index >= 15 is 0 Å². The summed E-state index contributed by atoms with van der Waals surface area (Å²) in [7, 11) is 0. The molecule has 0 bridgehead atoms. The molecule has 0 radical (unpaired) electrons. The summed E-state index contributed by atoms with van der Waals surface area (Å²) in [6.07, 6.45) is 1.54. The highest BCUT2D eigenvalue weighted by Gasteiger charge is 2.13. The highest BCUT2D eigenvalue weighted by atomic mass is 16.1. The van der Waals surface area contributed by atoms with Crippen molar-refractivity contribution >= 4 is 11.6 Å². The van der Waals surface area contributed by atoms with Crippen molar-refractivity contribution in [2.75, 3.05) is 11.9 Å². The summed E-state index contributed by atoms with van der Waals surface area (Å²) in [6, 6.07) is 9.93. The summed E-state index contributed by atoms with van der Waals surface area (Å²) < 4.78 is 0. The van der Waals surface area contributed by atoms with E-state index < -0.39 is 0 Å². The van der Waals surface area contributed by atoms with Crippen molar-refractivity contribution in [1.82, 2.24) is 15.5 Å². The predicted molar refractivity (Wildman–Crippen MR) is 75.2 cm³/mol. The van der Waals surface area contributed by atoms with Crippen LogP contribution >= 0.6 is 0 Å². The van der Waals surface area contributed by atoms with Crippen LogP contribution in [0.4, 0.5) is 5.69 Å². The Kier molecular flexibility index (Phi) is 4.18. The number of H-pyrrole nitrogens is 1. The fraction of sp³-hybridized carbons (Fsp3) is 0.286. The van der Waals surface area contributed by atoms with Crippen molar-refractivity contribution in [2.45, 2.75) is 19.9 Å². The van der Waals surface area contributed by atoms with Gasteiger partial charge in [-0.2, -0.15) is 5.10 Å². The summed E-state index contributed by atoms with van der Waals surface area (Å²) in [4.78, 5) is 11.9. The Morgan fingerprint density at radius 2 is 2.11 bits per heavy atom. The van der Waals surface area contributed by atoms with Crippen molar-refractivity contribution in [2.24, 2.45) is 0 Å². The number of aryl methyl sites for hydroxylation is 1. The zero-order valence-electron chi connectivity index (χ0n) is 11.1. The van der Waals surface area contributed by atoms with Gasteiger partial charge in [0.15, 0.2) is 0 Å². The van der Waals surface area contributed by atoms with E-state index in [1.807, 2.05) is 44.2 Å². The third kappa shape index (κ3) is 3.58. The fourth-order valence-corrected chi connectivity index (χ4v) is 1.76. The van der Waals surface area contributed by atoms with Gasteiger partial charge < -0.3 is 10.6 Å². The second kappa shape index (κ2) is 6.04. The number of nitrogens with zero attached hydrogens (tertiary/aromatic N) is 1. The van der Waals surface area contributed by atoms with E-state index in [0.717, 1.165) is 11.4 Å². The van der Waals surface area contributed by atoms with Crippen LogP contribution < -0.4 is 10.6 Å². The summed E-state index contributed by atoms with van der Waals surface area (Å²) in [6.45, 7) is 4.46. The first kappa shape index (κ1) is 13.1. The monoisotopic (exact) mass is 258 g/mol. The Balaban J connectivity index is 1.83. The minimum absolute atomic E-state index is 0.0296. The van der Waals surface area contributed by atoms with Crippen LogP contribution in [0.1, 0.15) is 23.0 Å². The number of hydrogen-bond donors (Lipinski definition) is 3. The molecule has 1 heterocycles. The number of amides is 1. The lowest BCUT2D eigenvalue weighted by atomic mass is 10.2. The number of hydrogen-bond acceptors (Lipinski definition) is 3. The maximum Gasteiger partial charge on any atom is 0.255 e. The Hall–Kier alpha value is -2.30. The SMILES string of the molecule is Cc1[nH]ncc1C(=O)N[C@@H](C)CNc1ccccc1. The summed E-state index contributed by atoms with van der Waals surface area (Å²) in [5, 5.41) is 12.8. The van der Waals surface area contributed by atoms with Gasteiger partial charge in [0.05, 0.1) is 11.8 Å². The standard InChI is InChI=1S/C14H18N4O/c1-10(8-15-12-6-4-3-5-7-12)17-14(19)13-9-16-18-11(13)2/h3-7,9-10,15H,8H2,1-2H3,(H,16,18)(H,17,19)/t10-/m0/s1. The molecule has 2 rings (SSSR count). The smallest absolute Gasteiger partial charge is 0.255 e. The van der Waals surface area contributed by atoms with Crippen LogP contribution in [-0.4, -0.2) is 28.7 Å². The van der Waals surface area contributed by atoms with Crippen LogP contribution in [0.25, 0.3) is 0 Å². The molecule has 1 atom stereocenters. The van der Waals surface area contributed by atoms with Gasteiger partial charge in [-0.05, 0) is 26.0 Å². The maximum atomic E-state index is 11.9. The molecule has 0 saturated heterocycles. The van der Waals surface area contributed by atoms with Crippen LogP contribution in [0, 0.1) is 6.92 Å². The molecule has 5 heteroatoms. The molecule has 5 nitrogen and oxygen atoms in total. The molecule has 2 aromatic rings. The molecular weight excluding hydrogens is 240 g/mol. The maximum absolute atomic E-state index is 11.9.